The predicted molar refractivity (Wildman–Crippen MR) is 147 cm³/mol. The van der Waals surface area contributed by atoms with Crippen molar-refractivity contribution in [2.75, 3.05) is 11.9 Å². The monoisotopic (exact) mass is 542 g/mol. The maximum absolute atomic E-state index is 13.1. The van der Waals surface area contributed by atoms with Gasteiger partial charge in [-0.2, -0.15) is 0 Å². The van der Waals surface area contributed by atoms with E-state index in [0.717, 1.165) is 11.1 Å². The van der Waals surface area contributed by atoms with Crippen molar-refractivity contribution in [3.05, 3.63) is 98.9 Å². The second-order valence-electron chi connectivity index (χ2n) is 7.71. The molecule has 0 aliphatic carbocycles. The van der Waals surface area contributed by atoms with Crippen molar-refractivity contribution in [1.82, 2.24) is 4.90 Å². The summed E-state index contributed by atoms with van der Waals surface area (Å²) in [5.74, 6) is -0.00194. The van der Waals surface area contributed by atoms with Crippen LogP contribution < -0.4 is 10.1 Å². The molecule has 1 atom stereocenters. The molecule has 3 aromatic carbocycles. The largest absolute Gasteiger partial charge is 0.484 e. The third kappa shape index (κ3) is 6.44. The number of benzene rings is 3. The standard InChI is InChI=1S/C26H20Cl2N2O3S2/c1-16(18-7-3-2-4-8-18)30-25(32)23(35-26(30)34)11-17-6-5-9-22(10-17)33-15-24(31)29-21-13-19(27)12-20(28)14-21/h2-14,16H,15H2,1H3,(H,29,31)/b23-11-/t16-/m0/s1. The summed E-state index contributed by atoms with van der Waals surface area (Å²) in [6, 6.07) is 21.5. The number of nitrogens with one attached hydrogen (secondary N) is 1. The Labute approximate surface area is 223 Å². The molecule has 0 aromatic heterocycles. The molecule has 1 heterocycles. The van der Waals surface area contributed by atoms with Crippen molar-refractivity contribution in [3.63, 3.8) is 0 Å². The molecule has 9 heteroatoms. The number of carbonyl (C=O) groups excluding carboxylic acids is 2. The molecule has 0 unspecified atom stereocenters. The average Bonchev–Trinajstić information content (AvgIpc) is 3.10. The van der Waals surface area contributed by atoms with E-state index in [0.29, 0.717) is 30.7 Å². The Bertz CT molecular complexity index is 1290. The van der Waals surface area contributed by atoms with Crippen LogP contribution in [-0.2, 0) is 9.59 Å². The molecule has 4 rings (SSSR count). The smallest absolute Gasteiger partial charge is 0.266 e. The summed E-state index contributed by atoms with van der Waals surface area (Å²) >= 11 is 18.7. The fraction of sp³-hybridized carbons (Fsp3) is 0.115. The molecule has 1 aliphatic rings. The number of rotatable bonds is 7. The van der Waals surface area contributed by atoms with E-state index in [9.17, 15) is 9.59 Å². The zero-order valence-electron chi connectivity index (χ0n) is 18.5. The Morgan fingerprint density at radius 1 is 1.09 bits per heavy atom. The van der Waals surface area contributed by atoms with Gasteiger partial charge in [0, 0.05) is 15.7 Å². The summed E-state index contributed by atoms with van der Waals surface area (Å²) in [4.78, 5) is 27.5. The average molecular weight is 543 g/mol. The van der Waals surface area contributed by atoms with E-state index in [4.69, 9.17) is 40.2 Å². The third-order valence-corrected chi connectivity index (χ3v) is 6.93. The normalized spacial score (nSPS) is 15.4. The van der Waals surface area contributed by atoms with Crippen LogP contribution >= 0.6 is 47.2 Å². The Balaban J connectivity index is 1.41. The second-order valence-corrected chi connectivity index (χ2v) is 10.3. The van der Waals surface area contributed by atoms with Crippen LogP contribution in [0.25, 0.3) is 6.08 Å². The number of anilines is 1. The summed E-state index contributed by atoms with van der Waals surface area (Å²) in [6.45, 7) is 1.75. The molecule has 0 bridgehead atoms. The number of hydrogen-bond acceptors (Lipinski definition) is 5. The summed E-state index contributed by atoms with van der Waals surface area (Å²) < 4.78 is 6.15. The van der Waals surface area contributed by atoms with Gasteiger partial charge in [-0.25, -0.2) is 0 Å². The summed E-state index contributed by atoms with van der Waals surface area (Å²) in [6.07, 6.45) is 1.78. The van der Waals surface area contributed by atoms with Crippen molar-refractivity contribution in [2.24, 2.45) is 0 Å². The lowest BCUT2D eigenvalue weighted by molar-refractivity contribution is -0.123. The number of carbonyl (C=O) groups is 2. The molecule has 5 nitrogen and oxygen atoms in total. The highest BCUT2D eigenvalue weighted by molar-refractivity contribution is 8.26. The van der Waals surface area contributed by atoms with E-state index >= 15 is 0 Å². The van der Waals surface area contributed by atoms with Gasteiger partial charge in [0.25, 0.3) is 11.8 Å². The van der Waals surface area contributed by atoms with E-state index in [1.54, 1.807) is 47.4 Å². The van der Waals surface area contributed by atoms with Crippen LogP contribution in [0.3, 0.4) is 0 Å². The molecule has 35 heavy (non-hydrogen) atoms. The van der Waals surface area contributed by atoms with Crippen LogP contribution in [0.5, 0.6) is 5.75 Å². The van der Waals surface area contributed by atoms with Gasteiger partial charge in [-0.05, 0) is 54.5 Å². The highest BCUT2D eigenvalue weighted by Gasteiger charge is 2.35. The van der Waals surface area contributed by atoms with Gasteiger partial charge in [0.15, 0.2) is 6.61 Å². The first-order chi connectivity index (χ1) is 16.8. The number of amides is 2. The van der Waals surface area contributed by atoms with Crippen LogP contribution in [0.4, 0.5) is 5.69 Å². The molecule has 2 amide bonds. The van der Waals surface area contributed by atoms with Crippen LogP contribution in [0.15, 0.2) is 77.7 Å². The van der Waals surface area contributed by atoms with E-state index in [1.165, 1.54) is 11.8 Å². The van der Waals surface area contributed by atoms with Crippen LogP contribution in [0.1, 0.15) is 24.1 Å². The lowest BCUT2D eigenvalue weighted by atomic mass is 10.1. The quantitative estimate of drug-likeness (QED) is 0.258. The zero-order valence-corrected chi connectivity index (χ0v) is 21.7. The van der Waals surface area contributed by atoms with Gasteiger partial charge in [0.2, 0.25) is 0 Å². The van der Waals surface area contributed by atoms with E-state index in [2.05, 4.69) is 5.32 Å². The van der Waals surface area contributed by atoms with Crippen LogP contribution in [-0.4, -0.2) is 27.6 Å². The van der Waals surface area contributed by atoms with Gasteiger partial charge >= 0.3 is 0 Å². The Morgan fingerprint density at radius 2 is 1.80 bits per heavy atom. The molecule has 1 aliphatic heterocycles. The molecule has 0 saturated carbocycles. The highest BCUT2D eigenvalue weighted by atomic mass is 35.5. The van der Waals surface area contributed by atoms with Crippen molar-refractivity contribution in [2.45, 2.75) is 13.0 Å². The number of halogens is 2. The minimum absolute atomic E-state index is 0.137. The summed E-state index contributed by atoms with van der Waals surface area (Å²) in [5, 5.41) is 3.54. The van der Waals surface area contributed by atoms with Gasteiger partial charge in [-0.1, -0.05) is 89.6 Å². The van der Waals surface area contributed by atoms with Gasteiger partial charge in [-0.15, -0.1) is 0 Å². The van der Waals surface area contributed by atoms with Crippen molar-refractivity contribution < 1.29 is 14.3 Å². The fourth-order valence-corrected chi connectivity index (χ4v) is 5.46. The zero-order chi connectivity index (χ0) is 24.9. The first kappa shape index (κ1) is 25.3. The van der Waals surface area contributed by atoms with Crippen molar-refractivity contribution in [1.29, 1.82) is 0 Å². The molecular weight excluding hydrogens is 523 g/mol. The van der Waals surface area contributed by atoms with Gasteiger partial charge in [0.05, 0.1) is 10.9 Å². The summed E-state index contributed by atoms with van der Waals surface area (Å²) in [7, 11) is 0. The Morgan fingerprint density at radius 3 is 2.51 bits per heavy atom. The van der Waals surface area contributed by atoms with Gasteiger partial charge in [0.1, 0.15) is 10.1 Å². The van der Waals surface area contributed by atoms with E-state index in [-0.39, 0.29) is 24.5 Å². The number of hydrogen-bond donors (Lipinski definition) is 1. The first-order valence-corrected chi connectivity index (χ1v) is 12.6. The highest BCUT2D eigenvalue weighted by Crippen LogP contribution is 2.38. The maximum atomic E-state index is 13.1. The SMILES string of the molecule is C[C@@H](c1ccccc1)N1C(=O)/C(=C/c2cccc(OCC(=O)Nc3cc(Cl)cc(Cl)c3)c2)SC1=S. The van der Waals surface area contributed by atoms with Gasteiger partial charge in [-0.3, -0.25) is 14.5 Å². The fourth-order valence-electron chi connectivity index (χ4n) is 3.51. The van der Waals surface area contributed by atoms with Crippen LogP contribution in [0, 0.1) is 0 Å². The number of nitrogens with zero attached hydrogens (tertiary/aromatic N) is 1. The minimum Gasteiger partial charge on any atom is -0.484 e. The lowest BCUT2D eigenvalue weighted by Crippen LogP contribution is -2.30. The summed E-state index contributed by atoms with van der Waals surface area (Å²) in [5.41, 5.74) is 2.26. The van der Waals surface area contributed by atoms with E-state index < -0.39 is 0 Å². The number of thioether (sulfide) groups is 1. The molecule has 3 aromatic rings. The number of thiocarbonyl (C=S) groups is 1. The second kappa shape index (κ2) is 11.3. The molecule has 178 valence electrons. The topological polar surface area (TPSA) is 58.6 Å². The molecule has 1 fully saturated rings. The van der Waals surface area contributed by atoms with E-state index in [1.807, 2.05) is 43.3 Å². The molecule has 0 radical (unpaired) electrons. The lowest BCUT2D eigenvalue weighted by Gasteiger charge is -2.23. The molecular formula is C26H20Cl2N2O3S2. The predicted octanol–water partition coefficient (Wildman–Crippen LogP) is 6.97. The Hall–Kier alpha value is -2.84. The van der Waals surface area contributed by atoms with Gasteiger partial charge < -0.3 is 10.1 Å². The molecule has 1 N–H and O–H groups in total. The number of ether oxygens (including phenoxy) is 1. The first-order valence-electron chi connectivity index (χ1n) is 10.6. The maximum Gasteiger partial charge on any atom is 0.266 e. The Kier molecular flexibility index (Phi) is 8.13. The molecule has 0 spiro atoms. The molecule has 1 saturated heterocycles. The van der Waals surface area contributed by atoms with Crippen molar-refractivity contribution >= 4 is 75.1 Å². The van der Waals surface area contributed by atoms with Crippen molar-refractivity contribution in [3.8, 4) is 5.75 Å². The minimum atomic E-state index is -0.357. The third-order valence-electron chi connectivity index (χ3n) is 5.16. The van der Waals surface area contributed by atoms with Crippen LogP contribution in [0.2, 0.25) is 10.0 Å².